The molecule has 2 rings (SSSR count). The van der Waals surface area contributed by atoms with Crippen molar-refractivity contribution in [3.63, 3.8) is 0 Å². The standard InChI is InChI=1S/C13H16N4O2/c14-8-10-7-11(3-4-12(10)17(18)19)16-13(9-15)5-1-2-6-13/h3-4,7,16H,1-2,5-6,9,15H2. The highest BCUT2D eigenvalue weighted by molar-refractivity contribution is 5.59. The zero-order chi connectivity index (χ0) is 13.9. The average molecular weight is 260 g/mol. The molecule has 1 aliphatic carbocycles. The summed E-state index contributed by atoms with van der Waals surface area (Å²) in [5, 5.41) is 23.1. The second-order valence-corrected chi connectivity index (χ2v) is 4.92. The van der Waals surface area contributed by atoms with E-state index >= 15 is 0 Å². The molecule has 3 N–H and O–H groups in total. The Labute approximate surface area is 111 Å². The predicted molar refractivity (Wildman–Crippen MR) is 71.7 cm³/mol. The molecule has 6 heteroatoms. The lowest BCUT2D eigenvalue weighted by Gasteiger charge is -2.30. The lowest BCUT2D eigenvalue weighted by molar-refractivity contribution is -0.385. The van der Waals surface area contributed by atoms with Gasteiger partial charge in [-0.2, -0.15) is 5.26 Å². The molecule has 0 unspecified atom stereocenters. The van der Waals surface area contributed by atoms with E-state index in [-0.39, 0.29) is 16.8 Å². The summed E-state index contributed by atoms with van der Waals surface area (Å²) in [6, 6.07) is 6.38. The first-order valence-corrected chi connectivity index (χ1v) is 6.27. The van der Waals surface area contributed by atoms with Crippen LogP contribution in [0.4, 0.5) is 11.4 Å². The van der Waals surface area contributed by atoms with Gasteiger partial charge in [0.15, 0.2) is 0 Å². The van der Waals surface area contributed by atoms with E-state index in [4.69, 9.17) is 11.0 Å². The molecule has 1 aromatic rings. The predicted octanol–water partition coefficient (Wildman–Crippen LogP) is 2.15. The van der Waals surface area contributed by atoms with Crippen LogP contribution in [0.2, 0.25) is 0 Å². The molecule has 0 amide bonds. The molecule has 0 heterocycles. The highest BCUT2D eigenvalue weighted by Gasteiger charge is 2.32. The van der Waals surface area contributed by atoms with Crippen LogP contribution in [0.3, 0.4) is 0 Å². The van der Waals surface area contributed by atoms with Crippen molar-refractivity contribution in [1.29, 1.82) is 5.26 Å². The molecular weight excluding hydrogens is 244 g/mol. The summed E-state index contributed by atoms with van der Waals surface area (Å²) >= 11 is 0. The summed E-state index contributed by atoms with van der Waals surface area (Å²) in [6.07, 6.45) is 4.23. The third-order valence-electron chi connectivity index (χ3n) is 3.67. The molecule has 1 saturated carbocycles. The molecule has 0 spiro atoms. The van der Waals surface area contributed by atoms with Crippen molar-refractivity contribution in [3.8, 4) is 6.07 Å². The second-order valence-electron chi connectivity index (χ2n) is 4.92. The van der Waals surface area contributed by atoms with Crippen molar-refractivity contribution >= 4 is 11.4 Å². The summed E-state index contributed by atoms with van der Waals surface area (Å²) in [5.41, 5.74) is 6.31. The molecule has 1 aromatic carbocycles. The molecule has 0 bridgehead atoms. The van der Waals surface area contributed by atoms with E-state index in [1.165, 1.54) is 12.1 Å². The minimum Gasteiger partial charge on any atom is -0.378 e. The Morgan fingerprint density at radius 1 is 1.47 bits per heavy atom. The molecule has 6 nitrogen and oxygen atoms in total. The zero-order valence-electron chi connectivity index (χ0n) is 10.6. The normalized spacial score (nSPS) is 16.8. The number of hydrogen-bond acceptors (Lipinski definition) is 5. The number of nitrogens with one attached hydrogen (secondary N) is 1. The van der Waals surface area contributed by atoms with Gasteiger partial charge in [-0.15, -0.1) is 0 Å². The van der Waals surface area contributed by atoms with Gasteiger partial charge in [0.2, 0.25) is 0 Å². The van der Waals surface area contributed by atoms with Crippen LogP contribution in [-0.2, 0) is 0 Å². The van der Waals surface area contributed by atoms with Crippen molar-refractivity contribution in [2.75, 3.05) is 11.9 Å². The molecule has 0 aromatic heterocycles. The summed E-state index contributed by atoms with van der Waals surface area (Å²) in [6.45, 7) is 0.520. The Morgan fingerprint density at radius 2 is 2.16 bits per heavy atom. The van der Waals surface area contributed by atoms with Crippen LogP contribution in [0.5, 0.6) is 0 Å². The summed E-state index contributed by atoms with van der Waals surface area (Å²) in [7, 11) is 0. The summed E-state index contributed by atoms with van der Waals surface area (Å²) in [5.74, 6) is 0. The maximum absolute atomic E-state index is 10.8. The van der Waals surface area contributed by atoms with Gasteiger partial charge in [-0.3, -0.25) is 10.1 Å². The van der Waals surface area contributed by atoms with Crippen molar-refractivity contribution in [2.45, 2.75) is 31.2 Å². The molecule has 0 radical (unpaired) electrons. The third-order valence-corrected chi connectivity index (χ3v) is 3.67. The van der Waals surface area contributed by atoms with Gasteiger partial charge >= 0.3 is 0 Å². The number of nitro groups is 1. The molecule has 19 heavy (non-hydrogen) atoms. The van der Waals surface area contributed by atoms with Crippen LogP contribution >= 0.6 is 0 Å². The van der Waals surface area contributed by atoms with Crippen molar-refractivity contribution in [1.82, 2.24) is 0 Å². The van der Waals surface area contributed by atoms with Gasteiger partial charge in [0.1, 0.15) is 11.6 Å². The highest BCUT2D eigenvalue weighted by atomic mass is 16.6. The molecule has 1 aliphatic rings. The molecule has 0 saturated heterocycles. The number of anilines is 1. The Hall–Kier alpha value is -2.13. The SMILES string of the molecule is N#Cc1cc(NC2(CN)CCCC2)ccc1[N+](=O)[O-]. The van der Waals surface area contributed by atoms with Crippen LogP contribution in [-0.4, -0.2) is 17.0 Å². The van der Waals surface area contributed by atoms with Crippen LogP contribution in [0.1, 0.15) is 31.2 Å². The number of nitriles is 1. The first-order valence-electron chi connectivity index (χ1n) is 6.27. The van der Waals surface area contributed by atoms with Crippen LogP contribution in [0, 0.1) is 21.4 Å². The summed E-state index contributed by atoms with van der Waals surface area (Å²) in [4.78, 5) is 10.2. The van der Waals surface area contributed by atoms with E-state index in [2.05, 4.69) is 5.32 Å². The molecule has 0 atom stereocenters. The minimum atomic E-state index is -0.545. The smallest absolute Gasteiger partial charge is 0.287 e. The second kappa shape index (κ2) is 5.24. The van der Waals surface area contributed by atoms with Gasteiger partial charge in [-0.05, 0) is 25.0 Å². The summed E-state index contributed by atoms with van der Waals surface area (Å²) < 4.78 is 0. The number of hydrogen-bond donors (Lipinski definition) is 2. The van der Waals surface area contributed by atoms with Crippen LogP contribution < -0.4 is 11.1 Å². The molecule has 100 valence electrons. The van der Waals surface area contributed by atoms with E-state index in [9.17, 15) is 10.1 Å². The Morgan fingerprint density at radius 3 is 2.68 bits per heavy atom. The average Bonchev–Trinajstić information content (AvgIpc) is 2.87. The molecular formula is C13H16N4O2. The lowest BCUT2D eigenvalue weighted by Crippen LogP contribution is -2.42. The Kier molecular flexibility index (Phi) is 3.67. The van der Waals surface area contributed by atoms with Crippen molar-refractivity contribution < 1.29 is 4.92 Å². The fraction of sp³-hybridized carbons (Fsp3) is 0.462. The highest BCUT2D eigenvalue weighted by Crippen LogP contribution is 2.33. The number of nitrogens with two attached hydrogens (primary N) is 1. The number of nitro benzene ring substituents is 1. The van der Waals surface area contributed by atoms with Gasteiger partial charge in [0.25, 0.3) is 5.69 Å². The van der Waals surface area contributed by atoms with E-state index in [0.717, 1.165) is 31.4 Å². The third kappa shape index (κ3) is 2.66. The fourth-order valence-electron chi connectivity index (χ4n) is 2.60. The van der Waals surface area contributed by atoms with Crippen LogP contribution in [0.15, 0.2) is 18.2 Å². The van der Waals surface area contributed by atoms with Crippen molar-refractivity contribution in [2.24, 2.45) is 5.73 Å². The van der Waals surface area contributed by atoms with Crippen LogP contribution in [0.25, 0.3) is 0 Å². The van der Waals surface area contributed by atoms with Gasteiger partial charge in [0.05, 0.1) is 4.92 Å². The fourth-order valence-corrected chi connectivity index (χ4v) is 2.60. The molecule has 0 aliphatic heterocycles. The van der Waals surface area contributed by atoms with E-state index in [1.807, 2.05) is 6.07 Å². The van der Waals surface area contributed by atoms with Gasteiger partial charge < -0.3 is 11.1 Å². The van der Waals surface area contributed by atoms with Gasteiger partial charge in [-0.1, -0.05) is 12.8 Å². The monoisotopic (exact) mass is 260 g/mol. The van der Waals surface area contributed by atoms with E-state index in [0.29, 0.717) is 6.54 Å². The van der Waals surface area contributed by atoms with Crippen molar-refractivity contribution in [3.05, 3.63) is 33.9 Å². The maximum Gasteiger partial charge on any atom is 0.287 e. The Balaban J connectivity index is 2.27. The lowest BCUT2D eigenvalue weighted by atomic mass is 9.97. The molecule has 1 fully saturated rings. The number of rotatable bonds is 4. The van der Waals surface area contributed by atoms with E-state index in [1.54, 1.807) is 6.07 Å². The van der Waals surface area contributed by atoms with E-state index < -0.39 is 4.92 Å². The maximum atomic E-state index is 10.8. The van der Waals surface area contributed by atoms with Gasteiger partial charge in [-0.25, -0.2) is 0 Å². The number of benzene rings is 1. The van der Waals surface area contributed by atoms with Gasteiger partial charge in [0, 0.05) is 23.8 Å². The zero-order valence-corrected chi connectivity index (χ0v) is 10.6. The topological polar surface area (TPSA) is 105 Å². The first kappa shape index (κ1) is 13.3. The quantitative estimate of drug-likeness (QED) is 0.637. The largest absolute Gasteiger partial charge is 0.378 e. The number of nitrogens with zero attached hydrogens (tertiary/aromatic N) is 2. The minimum absolute atomic E-state index is 0.0696. The first-order chi connectivity index (χ1) is 9.10. The Bertz CT molecular complexity index is 530.